The van der Waals surface area contributed by atoms with Crippen molar-refractivity contribution in [3.8, 4) is 0 Å². The Morgan fingerprint density at radius 2 is 1.77 bits per heavy atom. The summed E-state index contributed by atoms with van der Waals surface area (Å²) in [6.45, 7) is 1.52. The zero-order chi connectivity index (χ0) is 21.5. The van der Waals surface area contributed by atoms with E-state index in [2.05, 4.69) is 14.7 Å². The maximum absolute atomic E-state index is 12.7. The van der Waals surface area contributed by atoms with Gasteiger partial charge in [0.15, 0.2) is 0 Å². The number of carbonyl (C=O) groups is 2. The van der Waals surface area contributed by atoms with Gasteiger partial charge in [-0.3, -0.25) is 9.59 Å². The number of hydrogen-bond donors (Lipinski definition) is 2. The van der Waals surface area contributed by atoms with E-state index in [4.69, 9.17) is 5.73 Å². The molecule has 0 aliphatic carbocycles. The average Bonchev–Trinajstić information content (AvgIpc) is 3.06. The van der Waals surface area contributed by atoms with Gasteiger partial charge in [0.1, 0.15) is 11.4 Å². The molecule has 1 atom stereocenters. The Bertz CT molecular complexity index is 1190. The normalized spacial score (nSPS) is 17.4. The highest BCUT2D eigenvalue weighted by atomic mass is 32.2. The number of amides is 2. The second kappa shape index (κ2) is 7.26. The highest BCUT2D eigenvalue weighted by Gasteiger charge is 2.42. The highest BCUT2D eigenvalue weighted by molar-refractivity contribution is 7.90. The number of hydrazine groups is 1. The first-order chi connectivity index (χ1) is 14.3. The number of fused-ring (bicyclic) bond motifs is 3. The van der Waals surface area contributed by atoms with Crippen molar-refractivity contribution in [2.75, 3.05) is 11.6 Å². The van der Waals surface area contributed by atoms with Crippen LogP contribution in [0.15, 0.2) is 68.9 Å². The maximum atomic E-state index is 12.7. The number of amidine groups is 1. The lowest BCUT2D eigenvalue weighted by Crippen LogP contribution is -2.52. The molecular weight excluding hydrogens is 408 g/mol. The molecule has 2 aromatic carbocycles. The molecule has 4 rings (SSSR count). The summed E-state index contributed by atoms with van der Waals surface area (Å²) >= 11 is 0. The molecule has 0 radical (unpaired) electrons. The van der Waals surface area contributed by atoms with Gasteiger partial charge in [0, 0.05) is 0 Å². The van der Waals surface area contributed by atoms with Crippen molar-refractivity contribution in [3.63, 3.8) is 0 Å². The van der Waals surface area contributed by atoms with Gasteiger partial charge in [0.2, 0.25) is 11.7 Å². The van der Waals surface area contributed by atoms with Gasteiger partial charge >= 0.3 is 0 Å². The number of anilines is 1. The summed E-state index contributed by atoms with van der Waals surface area (Å²) in [5.41, 5.74) is 6.56. The third kappa shape index (κ3) is 3.39. The molecule has 0 saturated carbocycles. The van der Waals surface area contributed by atoms with Crippen LogP contribution in [-0.4, -0.2) is 43.6 Å². The van der Waals surface area contributed by atoms with Crippen molar-refractivity contribution < 1.29 is 18.0 Å². The molecule has 154 valence electrons. The molecule has 11 heteroatoms. The topological polar surface area (TPSA) is 138 Å². The Morgan fingerprint density at radius 1 is 1.10 bits per heavy atom. The largest absolute Gasteiger partial charge is 0.363 e. The van der Waals surface area contributed by atoms with Crippen LogP contribution < -0.4 is 16.1 Å². The van der Waals surface area contributed by atoms with Crippen LogP contribution in [0.1, 0.15) is 18.5 Å². The Labute approximate surface area is 172 Å². The minimum Gasteiger partial charge on any atom is -0.363 e. The molecule has 2 aromatic rings. The molecule has 30 heavy (non-hydrogen) atoms. The van der Waals surface area contributed by atoms with Gasteiger partial charge in [-0.05, 0) is 24.6 Å². The van der Waals surface area contributed by atoms with E-state index in [1.54, 1.807) is 18.2 Å². The van der Waals surface area contributed by atoms with E-state index < -0.39 is 21.8 Å². The number of nitrogens with zero attached hydrogens (tertiary/aromatic N) is 4. The van der Waals surface area contributed by atoms with Gasteiger partial charge in [-0.2, -0.15) is 13.4 Å². The van der Waals surface area contributed by atoms with Crippen LogP contribution in [0.2, 0.25) is 0 Å². The van der Waals surface area contributed by atoms with Gasteiger partial charge in [-0.15, -0.1) is 4.40 Å². The van der Waals surface area contributed by atoms with Gasteiger partial charge < -0.3 is 11.1 Å². The lowest BCUT2D eigenvalue weighted by molar-refractivity contribution is -0.122. The van der Waals surface area contributed by atoms with Crippen LogP contribution in [0.25, 0.3) is 0 Å². The Hall–Kier alpha value is -3.73. The van der Waals surface area contributed by atoms with Crippen LogP contribution >= 0.6 is 0 Å². The molecule has 2 aliphatic heterocycles. The SMILES string of the molecule is CC(NC(=O)CN1C(C(N)=O)=NC2=NS(=O)(=O)c3ccccc3N21)c1ccccc1. The van der Waals surface area contributed by atoms with E-state index in [1.807, 2.05) is 37.3 Å². The molecule has 0 saturated heterocycles. The molecule has 0 bridgehead atoms. The monoisotopic (exact) mass is 426 g/mol. The number of hydrogen-bond acceptors (Lipinski definition) is 7. The fourth-order valence-electron chi connectivity index (χ4n) is 3.28. The third-order valence-corrected chi connectivity index (χ3v) is 5.95. The Balaban J connectivity index is 1.64. The maximum Gasteiger partial charge on any atom is 0.287 e. The van der Waals surface area contributed by atoms with Gasteiger partial charge in [0.25, 0.3) is 21.9 Å². The zero-order valence-electron chi connectivity index (χ0n) is 15.9. The Morgan fingerprint density at radius 3 is 2.47 bits per heavy atom. The van der Waals surface area contributed by atoms with E-state index in [1.165, 1.54) is 16.1 Å². The van der Waals surface area contributed by atoms with Gasteiger partial charge in [-0.1, -0.05) is 42.5 Å². The van der Waals surface area contributed by atoms with Crippen molar-refractivity contribution in [2.24, 2.45) is 15.1 Å². The zero-order valence-corrected chi connectivity index (χ0v) is 16.7. The first kappa shape index (κ1) is 19.6. The summed E-state index contributed by atoms with van der Waals surface area (Å²) in [6.07, 6.45) is 0. The molecule has 10 nitrogen and oxygen atoms in total. The first-order valence-electron chi connectivity index (χ1n) is 9.02. The quantitative estimate of drug-likeness (QED) is 0.716. The molecular formula is C19H18N6O4S. The van der Waals surface area contributed by atoms with E-state index in [0.29, 0.717) is 0 Å². The van der Waals surface area contributed by atoms with E-state index in [-0.39, 0.29) is 35.0 Å². The van der Waals surface area contributed by atoms with E-state index in [0.717, 1.165) is 5.56 Å². The summed E-state index contributed by atoms with van der Waals surface area (Å²) in [5, 5.41) is 5.38. The van der Waals surface area contributed by atoms with Crippen molar-refractivity contribution in [2.45, 2.75) is 17.9 Å². The second-order valence-corrected chi connectivity index (χ2v) is 8.28. The van der Waals surface area contributed by atoms with Gasteiger partial charge in [0.05, 0.1) is 11.7 Å². The standard InChI is InChI=1S/C19H18N6O4S/c1-12(13-7-3-2-4-8-13)21-16(26)11-24-18(17(20)27)22-19-23-30(28,29)15-10-6-5-9-14(15)25(19)24/h2-10,12H,11H2,1H3,(H2,20,27)(H,21,26). The summed E-state index contributed by atoms with van der Waals surface area (Å²) in [5.74, 6) is -1.84. The molecule has 1 unspecified atom stereocenters. The predicted molar refractivity (Wildman–Crippen MR) is 110 cm³/mol. The molecule has 2 aliphatic rings. The number of nitrogens with two attached hydrogens (primary N) is 1. The molecule has 3 N–H and O–H groups in total. The third-order valence-electron chi connectivity index (χ3n) is 4.65. The molecule has 0 spiro atoms. The number of nitrogens with one attached hydrogen (secondary N) is 1. The fraction of sp³-hybridized carbons (Fsp3) is 0.158. The van der Waals surface area contributed by atoms with Crippen LogP contribution in [-0.2, 0) is 19.6 Å². The van der Waals surface area contributed by atoms with Crippen LogP contribution in [0.3, 0.4) is 0 Å². The summed E-state index contributed by atoms with van der Waals surface area (Å²) in [6, 6.07) is 15.2. The van der Waals surface area contributed by atoms with Crippen LogP contribution in [0.5, 0.6) is 0 Å². The van der Waals surface area contributed by atoms with Crippen molar-refractivity contribution >= 4 is 39.3 Å². The second-order valence-electron chi connectivity index (χ2n) is 6.70. The average molecular weight is 426 g/mol. The lowest BCUT2D eigenvalue weighted by atomic mass is 10.1. The number of carbonyl (C=O) groups excluding carboxylic acids is 2. The summed E-state index contributed by atoms with van der Waals surface area (Å²) in [7, 11) is -3.99. The number of sulfonamides is 1. The minimum absolute atomic E-state index is 0.0577. The number of rotatable bonds is 5. The molecule has 0 fully saturated rings. The summed E-state index contributed by atoms with van der Waals surface area (Å²) in [4.78, 5) is 28.6. The summed E-state index contributed by atoms with van der Waals surface area (Å²) < 4.78 is 28.5. The number of para-hydroxylation sites is 1. The van der Waals surface area contributed by atoms with Crippen molar-refractivity contribution in [1.82, 2.24) is 10.3 Å². The number of aliphatic imine (C=N–C) groups is 1. The van der Waals surface area contributed by atoms with E-state index in [9.17, 15) is 18.0 Å². The predicted octanol–water partition coefficient (Wildman–Crippen LogP) is 0.543. The lowest BCUT2D eigenvalue weighted by Gasteiger charge is -2.33. The molecule has 0 aromatic heterocycles. The van der Waals surface area contributed by atoms with Crippen molar-refractivity contribution in [3.05, 3.63) is 60.2 Å². The Kier molecular flexibility index (Phi) is 4.74. The molecule has 2 amide bonds. The van der Waals surface area contributed by atoms with Gasteiger partial charge in [-0.25, -0.2) is 10.0 Å². The highest BCUT2D eigenvalue weighted by Crippen LogP contribution is 2.35. The molecule has 2 heterocycles. The number of guanidine groups is 1. The van der Waals surface area contributed by atoms with Crippen molar-refractivity contribution in [1.29, 1.82) is 0 Å². The van der Waals surface area contributed by atoms with Crippen LogP contribution in [0, 0.1) is 0 Å². The first-order valence-corrected chi connectivity index (χ1v) is 10.5. The number of benzene rings is 2. The number of primary amides is 1. The fourth-order valence-corrected chi connectivity index (χ4v) is 4.38. The van der Waals surface area contributed by atoms with E-state index >= 15 is 0 Å². The smallest absolute Gasteiger partial charge is 0.287 e. The minimum atomic E-state index is -3.99. The van der Waals surface area contributed by atoms with Crippen LogP contribution in [0.4, 0.5) is 5.69 Å².